The third kappa shape index (κ3) is 4.32. The highest BCUT2D eigenvalue weighted by molar-refractivity contribution is 5.05. The van der Waals surface area contributed by atoms with Crippen molar-refractivity contribution in [3.63, 3.8) is 0 Å². The third-order valence-electron chi connectivity index (χ3n) is 4.64. The summed E-state index contributed by atoms with van der Waals surface area (Å²) >= 11 is 0. The molecule has 4 heteroatoms. The smallest absolute Gasteiger partial charge is 0.0547 e. The van der Waals surface area contributed by atoms with Crippen LogP contribution in [0.15, 0.2) is 12.3 Å². The average molecular weight is 278 g/mol. The van der Waals surface area contributed by atoms with Crippen LogP contribution in [0.2, 0.25) is 0 Å². The second kappa shape index (κ2) is 7.79. The molecule has 0 radical (unpaired) electrons. The van der Waals surface area contributed by atoms with Crippen molar-refractivity contribution in [2.45, 2.75) is 57.5 Å². The Labute approximate surface area is 123 Å². The fourth-order valence-corrected chi connectivity index (χ4v) is 3.26. The molecule has 0 aromatic carbocycles. The van der Waals surface area contributed by atoms with Crippen LogP contribution in [0.1, 0.15) is 57.2 Å². The first-order valence-electron chi connectivity index (χ1n) is 8.10. The van der Waals surface area contributed by atoms with Crippen molar-refractivity contribution >= 4 is 0 Å². The van der Waals surface area contributed by atoms with E-state index in [2.05, 4.69) is 35.4 Å². The number of nitrogens with one attached hydrogen (secondary N) is 1. The van der Waals surface area contributed by atoms with Gasteiger partial charge in [0.25, 0.3) is 0 Å². The monoisotopic (exact) mass is 278 g/mol. The molecule has 20 heavy (non-hydrogen) atoms. The van der Waals surface area contributed by atoms with E-state index in [-0.39, 0.29) is 0 Å². The lowest BCUT2D eigenvalue weighted by molar-refractivity contribution is 0.189. The Bertz CT molecular complexity index is 382. The van der Waals surface area contributed by atoms with Gasteiger partial charge in [-0.2, -0.15) is 5.10 Å². The van der Waals surface area contributed by atoms with Crippen LogP contribution >= 0.6 is 0 Å². The fraction of sp³-hybridized carbons (Fsp3) is 0.812. The predicted octanol–water partition coefficient (Wildman–Crippen LogP) is 2.73. The van der Waals surface area contributed by atoms with E-state index in [9.17, 15) is 0 Å². The first-order valence-corrected chi connectivity index (χ1v) is 8.10. The number of hydrogen-bond donors (Lipinski definition) is 1. The van der Waals surface area contributed by atoms with E-state index in [1.54, 1.807) is 0 Å². The Morgan fingerprint density at radius 1 is 1.40 bits per heavy atom. The molecule has 1 aromatic rings. The molecule has 1 unspecified atom stereocenters. The summed E-state index contributed by atoms with van der Waals surface area (Å²) in [7, 11) is 4.30. The second-order valence-electron chi connectivity index (χ2n) is 6.18. The van der Waals surface area contributed by atoms with Gasteiger partial charge in [0.15, 0.2) is 0 Å². The quantitative estimate of drug-likeness (QED) is 0.779. The van der Waals surface area contributed by atoms with E-state index in [0.29, 0.717) is 6.04 Å². The molecule has 1 aliphatic carbocycles. The Kier molecular flexibility index (Phi) is 6.05. The molecule has 0 spiro atoms. The molecule has 0 amide bonds. The van der Waals surface area contributed by atoms with E-state index in [1.165, 1.54) is 50.8 Å². The second-order valence-corrected chi connectivity index (χ2v) is 6.18. The Morgan fingerprint density at radius 3 is 2.80 bits per heavy atom. The number of rotatable bonds is 7. The highest BCUT2D eigenvalue weighted by atomic mass is 15.3. The minimum Gasteiger partial charge on any atom is -0.309 e. The van der Waals surface area contributed by atoms with Gasteiger partial charge in [0.2, 0.25) is 0 Å². The standard InChI is InChI=1S/C16H30N4/c1-14(16-10-12-18-20(16)3)17-11-7-13-19(2)15-8-5-4-6-9-15/h10,12,14-15,17H,4-9,11,13H2,1-3H3. The van der Waals surface area contributed by atoms with Gasteiger partial charge in [0.1, 0.15) is 0 Å². The molecular weight excluding hydrogens is 248 g/mol. The zero-order chi connectivity index (χ0) is 14.4. The van der Waals surface area contributed by atoms with Crippen molar-refractivity contribution in [1.82, 2.24) is 20.0 Å². The number of hydrogen-bond acceptors (Lipinski definition) is 3. The Balaban J connectivity index is 1.62. The first-order chi connectivity index (χ1) is 9.68. The van der Waals surface area contributed by atoms with E-state index in [1.807, 2.05) is 17.9 Å². The van der Waals surface area contributed by atoms with Crippen molar-refractivity contribution < 1.29 is 0 Å². The van der Waals surface area contributed by atoms with Gasteiger partial charge < -0.3 is 10.2 Å². The number of nitrogens with zero attached hydrogens (tertiary/aromatic N) is 3. The van der Waals surface area contributed by atoms with Crippen LogP contribution < -0.4 is 5.32 Å². The van der Waals surface area contributed by atoms with Crippen LogP contribution in [0.25, 0.3) is 0 Å². The van der Waals surface area contributed by atoms with Crippen LogP contribution in [0.3, 0.4) is 0 Å². The Morgan fingerprint density at radius 2 is 2.15 bits per heavy atom. The first kappa shape index (κ1) is 15.5. The molecule has 114 valence electrons. The normalized spacial score (nSPS) is 18.6. The van der Waals surface area contributed by atoms with E-state index < -0.39 is 0 Å². The molecule has 1 atom stereocenters. The van der Waals surface area contributed by atoms with Gasteiger partial charge in [-0.3, -0.25) is 4.68 Å². The zero-order valence-corrected chi connectivity index (χ0v) is 13.3. The summed E-state index contributed by atoms with van der Waals surface area (Å²) in [6.07, 6.45) is 10.2. The van der Waals surface area contributed by atoms with Crippen LogP contribution in [0.5, 0.6) is 0 Å². The molecule has 2 rings (SSSR count). The van der Waals surface area contributed by atoms with Crippen molar-refractivity contribution in [3.05, 3.63) is 18.0 Å². The lowest BCUT2D eigenvalue weighted by atomic mass is 9.94. The number of aryl methyl sites for hydroxylation is 1. The molecule has 4 nitrogen and oxygen atoms in total. The lowest BCUT2D eigenvalue weighted by Crippen LogP contribution is -2.35. The maximum atomic E-state index is 4.22. The average Bonchev–Trinajstić information content (AvgIpc) is 2.90. The SMILES string of the molecule is CC(NCCCN(C)C1CCCCC1)c1ccnn1C. The van der Waals surface area contributed by atoms with E-state index in [0.717, 1.165) is 12.6 Å². The Hall–Kier alpha value is -0.870. The molecule has 1 fully saturated rings. The molecular formula is C16H30N4. The van der Waals surface area contributed by atoms with Gasteiger partial charge in [-0.25, -0.2) is 0 Å². The van der Waals surface area contributed by atoms with Gasteiger partial charge in [-0.05, 0) is 52.4 Å². The van der Waals surface area contributed by atoms with Crippen molar-refractivity contribution in [2.75, 3.05) is 20.1 Å². The summed E-state index contributed by atoms with van der Waals surface area (Å²) in [5, 5.41) is 7.82. The van der Waals surface area contributed by atoms with Crippen LogP contribution in [0, 0.1) is 0 Å². The molecule has 1 N–H and O–H groups in total. The molecule has 0 aliphatic heterocycles. The van der Waals surface area contributed by atoms with Crippen LogP contribution in [0.4, 0.5) is 0 Å². The van der Waals surface area contributed by atoms with Crippen LogP contribution in [-0.2, 0) is 7.05 Å². The van der Waals surface area contributed by atoms with Crippen molar-refractivity contribution in [3.8, 4) is 0 Å². The summed E-state index contributed by atoms with van der Waals surface area (Å²) < 4.78 is 1.95. The van der Waals surface area contributed by atoms with Gasteiger partial charge in [0, 0.05) is 25.3 Å². The van der Waals surface area contributed by atoms with Gasteiger partial charge in [0.05, 0.1) is 5.69 Å². The van der Waals surface area contributed by atoms with Crippen molar-refractivity contribution in [1.29, 1.82) is 0 Å². The van der Waals surface area contributed by atoms with Gasteiger partial charge in [-0.15, -0.1) is 0 Å². The topological polar surface area (TPSA) is 33.1 Å². The summed E-state index contributed by atoms with van der Waals surface area (Å²) in [6, 6.07) is 3.30. The highest BCUT2D eigenvalue weighted by Gasteiger charge is 2.17. The zero-order valence-electron chi connectivity index (χ0n) is 13.3. The number of aromatic nitrogens is 2. The summed E-state index contributed by atoms with van der Waals surface area (Å²) in [5.41, 5.74) is 1.26. The minimum atomic E-state index is 0.377. The minimum absolute atomic E-state index is 0.377. The summed E-state index contributed by atoms with van der Waals surface area (Å²) in [4.78, 5) is 2.57. The maximum absolute atomic E-state index is 4.22. The fourth-order valence-electron chi connectivity index (χ4n) is 3.26. The summed E-state index contributed by atoms with van der Waals surface area (Å²) in [5.74, 6) is 0. The van der Waals surface area contributed by atoms with Gasteiger partial charge >= 0.3 is 0 Å². The highest BCUT2D eigenvalue weighted by Crippen LogP contribution is 2.21. The van der Waals surface area contributed by atoms with Gasteiger partial charge in [-0.1, -0.05) is 19.3 Å². The molecule has 1 heterocycles. The molecule has 0 saturated heterocycles. The van der Waals surface area contributed by atoms with Crippen molar-refractivity contribution in [2.24, 2.45) is 7.05 Å². The molecule has 0 bridgehead atoms. The largest absolute Gasteiger partial charge is 0.309 e. The molecule has 1 aliphatic rings. The molecule has 1 aromatic heterocycles. The van der Waals surface area contributed by atoms with E-state index >= 15 is 0 Å². The molecule has 1 saturated carbocycles. The van der Waals surface area contributed by atoms with Crippen LogP contribution in [-0.4, -0.2) is 40.9 Å². The van der Waals surface area contributed by atoms with E-state index in [4.69, 9.17) is 0 Å². The lowest BCUT2D eigenvalue weighted by Gasteiger charge is -2.31. The third-order valence-corrected chi connectivity index (χ3v) is 4.64. The predicted molar refractivity (Wildman–Crippen MR) is 83.7 cm³/mol. The maximum Gasteiger partial charge on any atom is 0.0547 e. The summed E-state index contributed by atoms with van der Waals surface area (Å²) in [6.45, 7) is 4.49.